The maximum Gasteiger partial charge on any atom is 0.412 e. The molecule has 0 aromatic heterocycles. The second-order valence-electron chi connectivity index (χ2n) is 4.45. The number of aromatic hydroxyl groups is 1. The van der Waals surface area contributed by atoms with Gasteiger partial charge in [-0.15, -0.1) is 0 Å². The fourth-order valence-corrected chi connectivity index (χ4v) is 1.80. The summed E-state index contributed by atoms with van der Waals surface area (Å²) in [5, 5.41) is 22.6. The maximum absolute atomic E-state index is 11.6. The number of para-hydroxylation sites is 1. The summed E-state index contributed by atoms with van der Waals surface area (Å²) in [4.78, 5) is 21.5. The zero-order valence-electron chi connectivity index (χ0n) is 11.6. The average Bonchev–Trinajstić information content (AvgIpc) is 2.50. The molecule has 114 valence electrons. The Labute approximate surface area is 126 Å². The molecule has 0 fully saturated rings. The first kappa shape index (κ1) is 15.3. The molecule has 0 spiro atoms. The van der Waals surface area contributed by atoms with E-state index in [-0.39, 0.29) is 17.2 Å². The van der Waals surface area contributed by atoms with Crippen molar-refractivity contribution in [3.63, 3.8) is 0 Å². The van der Waals surface area contributed by atoms with Crippen LogP contribution >= 0.6 is 0 Å². The van der Waals surface area contributed by atoms with Crippen LogP contribution in [0, 0.1) is 10.1 Å². The summed E-state index contributed by atoms with van der Waals surface area (Å²) < 4.78 is 4.98. The van der Waals surface area contributed by atoms with E-state index in [1.54, 1.807) is 24.3 Å². The lowest BCUT2D eigenvalue weighted by Gasteiger charge is -2.07. The molecule has 7 heteroatoms. The number of carbonyl (C=O) groups is 1. The summed E-state index contributed by atoms with van der Waals surface area (Å²) in [6, 6.07) is 12.1. The van der Waals surface area contributed by atoms with Crippen LogP contribution < -0.4 is 10.1 Å². The monoisotopic (exact) mass is 302 g/mol. The van der Waals surface area contributed by atoms with Gasteiger partial charge in [-0.1, -0.05) is 18.2 Å². The number of carbonyl (C=O) groups excluding carboxylic acids is 1. The number of hydrogen-bond donors (Lipinski definition) is 2. The summed E-state index contributed by atoms with van der Waals surface area (Å²) in [6.45, 7) is 0.295. The normalized spacial score (nSPS) is 10.0. The van der Waals surface area contributed by atoms with E-state index in [4.69, 9.17) is 4.74 Å². The first-order valence-corrected chi connectivity index (χ1v) is 6.53. The summed E-state index contributed by atoms with van der Waals surface area (Å²) in [5.41, 5.74) is 0.644. The van der Waals surface area contributed by atoms with Gasteiger partial charge in [-0.2, -0.15) is 0 Å². The largest absolute Gasteiger partial charge is 0.508 e. The van der Waals surface area contributed by atoms with Gasteiger partial charge in [0.2, 0.25) is 0 Å². The molecular formula is C15H14N2O5. The molecule has 0 unspecified atom stereocenters. The molecule has 0 bridgehead atoms. The van der Waals surface area contributed by atoms with Gasteiger partial charge in [-0.3, -0.25) is 10.1 Å². The Balaban J connectivity index is 1.80. The fraction of sp³-hybridized carbons (Fsp3) is 0.133. The van der Waals surface area contributed by atoms with Gasteiger partial charge in [0.05, 0.1) is 4.92 Å². The standard InChI is InChI=1S/C15H14N2O5/c18-14-4-2-1-3-11(14)9-10-16-15(19)22-13-7-5-12(6-8-13)17(20)21/h1-8,18H,9-10H2,(H,16,19). The SMILES string of the molecule is O=C(NCCc1ccccc1O)Oc1ccc([N+](=O)[O-])cc1. The molecule has 22 heavy (non-hydrogen) atoms. The van der Waals surface area contributed by atoms with E-state index in [0.29, 0.717) is 13.0 Å². The number of rotatable bonds is 5. The van der Waals surface area contributed by atoms with Gasteiger partial charge >= 0.3 is 6.09 Å². The maximum atomic E-state index is 11.6. The van der Waals surface area contributed by atoms with Gasteiger partial charge in [0.1, 0.15) is 11.5 Å². The molecule has 2 N–H and O–H groups in total. The molecule has 0 aliphatic heterocycles. The van der Waals surface area contributed by atoms with E-state index in [1.807, 2.05) is 0 Å². The summed E-state index contributed by atoms with van der Waals surface area (Å²) in [7, 11) is 0. The van der Waals surface area contributed by atoms with Crippen LogP contribution in [0.4, 0.5) is 10.5 Å². The van der Waals surface area contributed by atoms with Crippen LogP contribution in [0.5, 0.6) is 11.5 Å². The van der Waals surface area contributed by atoms with Crippen molar-refractivity contribution in [3.05, 3.63) is 64.2 Å². The lowest BCUT2D eigenvalue weighted by atomic mass is 10.1. The molecule has 0 aliphatic rings. The van der Waals surface area contributed by atoms with Crippen molar-refractivity contribution in [3.8, 4) is 11.5 Å². The Morgan fingerprint density at radius 1 is 1.18 bits per heavy atom. The van der Waals surface area contributed by atoms with Gasteiger partial charge in [0.15, 0.2) is 0 Å². The van der Waals surface area contributed by atoms with Crippen LogP contribution in [0.25, 0.3) is 0 Å². The van der Waals surface area contributed by atoms with E-state index in [0.717, 1.165) is 5.56 Å². The molecular weight excluding hydrogens is 288 g/mol. The minimum atomic E-state index is -0.663. The smallest absolute Gasteiger partial charge is 0.412 e. The van der Waals surface area contributed by atoms with Crippen molar-refractivity contribution in [1.29, 1.82) is 0 Å². The second-order valence-corrected chi connectivity index (χ2v) is 4.45. The lowest BCUT2D eigenvalue weighted by molar-refractivity contribution is -0.384. The van der Waals surface area contributed by atoms with E-state index in [2.05, 4.69) is 5.32 Å². The average molecular weight is 302 g/mol. The molecule has 0 heterocycles. The predicted molar refractivity (Wildman–Crippen MR) is 78.9 cm³/mol. The molecule has 0 atom stereocenters. The fourth-order valence-electron chi connectivity index (χ4n) is 1.80. The van der Waals surface area contributed by atoms with E-state index in [9.17, 15) is 20.0 Å². The highest BCUT2D eigenvalue weighted by atomic mass is 16.6. The van der Waals surface area contributed by atoms with Gasteiger partial charge in [-0.05, 0) is 30.2 Å². The number of amides is 1. The molecule has 2 aromatic rings. The number of hydrogen-bond acceptors (Lipinski definition) is 5. The molecule has 1 amide bonds. The Morgan fingerprint density at radius 2 is 1.86 bits per heavy atom. The number of non-ortho nitro benzene ring substituents is 1. The number of phenols is 1. The van der Waals surface area contributed by atoms with Crippen molar-refractivity contribution in [1.82, 2.24) is 5.32 Å². The Morgan fingerprint density at radius 3 is 2.50 bits per heavy atom. The van der Waals surface area contributed by atoms with Gasteiger partial charge < -0.3 is 15.2 Å². The first-order chi connectivity index (χ1) is 10.6. The number of ether oxygens (including phenoxy) is 1. The van der Waals surface area contributed by atoms with Crippen molar-refractivity contribution in [2.45, 2.75) is 6.42 Å². The van der Waals surface area contributed by atoms with Gasteiger partial charge in [-0.25, -0.2) is 4.79 Å². The van der Waals surface area contributed by atoms with Crippen LogP contribution in [-0.4, -0.2) is 22.7 Å². The lowest BCUT2D eigenvalue weighted by Crippen LogP contribution is -2.28. The third kappa shape index (κ3) is 4.20. The molecule has 0 aliphatic carbocycles. The van der Waals surface area contributed by atoms with Gasteiger partial charge in [0.25, 0.3) is 5.69 Å². The summed E-state index contributed by atoms with van der Waals surface area (Å²) >= 11 is 0. The number of nitrogens with zero attached hydrogens (tertiary/aromatic N) is 1. The highest BCUT2D eigenvalue weighted by Crippen LogP contribution is 2.17. The Hall–Kier alpha value is -3.09. The van der Waals surface area contributed by atoms with E-state index < -0.39 is 11.0 Å². The first-order valence-electron chi connectivity index (χ1n) is 6.53. The minimum Gasteiger partial charge on any atom is -0.508 e. The van der Waals surface area contributed by atoms with E-state index >= 15 is 0 Å². The van der Waals surface area contributed by atoms with Crippen LogP contribution in [-0.2, 0) is 6.42 Å². The number of nitro groups is 1. The van der Waals surface area contributed by atoms with Crippen LogP contribution in [0.2, 0.25) is 0 Å². The van der Waals surface area contributed by atoms with Crippen molar-refractivity contribution < 1.29 is 19.6 Å². The van der Waals surface area contributed by atoms with Crippen LogP contribution in [0.1, 0.15) is 5.56 Å². The molecule has 2 aromatic carbocycles. The number of nitro benzene ring substituents is 1. The highest BCUT2D eigenvalue weighted by Gasteiger charge is 2.08. The second kappa shape index (κ2) is 7.07. The zero-order valence-corrected chi connectivity index (χ0v) is 11.6. The Kier molecular flexibility index (Phi) is 4.92. The van der Waals surface area contributed by atoms with Crippen molar-refractivity contribution in [2.24, 2.45) is 0 Å². The molecule has 7 nitrogen and oxygen atoms in total. The minimum absolute atomic E-state index is 0.0766. The number of benzene rings is 2. The predicted octanol–water partition coefficient (Wildman–Crippen LogP) is 2.63. The van der Waals surface area contributed by atoms with E-state index in [1.165, 1.54) is 24.3 Å². The van der Waals surface area contributed by atoms with Crippen LogP contribution in [0.3, 0.4) is 0 Å². The molecule has 2 rings (SSSR count). The molecule has 0 radical (unpaired) electrons. The number of nitrogens with one attached hydrogen (secondary N) is 1. The summed E-state index contributed by atoms with van der Waals surface area (Å²) in [6.07, 6.45) is -0.202. The number of phenolic OH excluding ortho intramolecular Hbond substituents is 1. The Bertz CT molecular complexity index is 670. The van der Waals surface area contributed by atoms with Crippen molar-refractivity contribution >= 4 is 11.8 Å². The third-order valence-corrected chi connectivity index (χ3v) is 2.91. The molecule has 0 saturated carbocycles. The third-order valence-electron chi connectivity index (χ3n) is 2.91. The summed E-state index contributed by atoms with van der Waals surface area (Å²) in [5.74, 6) is 0.388. The molecule has 0 saturated heterocycles. The quantitative estimate of drug-likeness (QED) is 0.653. The van der Waals surface area contributed by atoms with Crippen molar-refractivity contribution in [2.75, 3.05) is 6.54 Å². The highest BCUT2D eigenvalue weighted by molar-refractivity contribution is 5.70. The van der Waals surface area contributed by atoms with Gasteiger partial charge in [0, 0.05) is 18.7 Å². The zero-order chi connectivity index (χ0) is 15.9. The topological polar surface area (TPSA) is 102 Å². The van der Waals surface area contributed by atoms with Crippen LogP contribution in [0.15, 0.2) is 48.5 Å².